The highest BCUT2D eigenvalue weighted by molar-refractivity contribution is 6.05. The van der Waals surface area contributed by atoms with Crippen molar-refractivity contribution in [2.24, 2.45) is 0 Å². The zero-order valence-electron chi connectivity index (χ0n) is 16.4. The number of carbonyl (C=O) groups is 4. The molecular formula is C20H24N2O6. The Bertz CT molecular complexity index is 842. The summed E-state index contributed by atoms with van der Waals surface area (Å²) < 4.78 is 11.1. The van der Waals surface area contributed by atoms with Crippen LogP contribution < -0.4 is 10.1 Å². The molecule has 2 aliphatic heterocycles. The van der Waals surface area contributed by atoms with Gasteiger partial charge < -0.3 is 14.4 Å². The van der Waals surface area contributed by atoms with Gasteiger partial charge in [-0.3, -0.25) is 19.7 Å². The van der Waals surface area contributed by atoms with Crippen LogP contribution in [-0.2, 0) is 25.7 Å². The molecule has 150 valence electrons. The van der Waals surface area contributed by atoms with Crippen molar-refractivity contribution in [2.45, 2.75) is 64.8 Å². The summed E-state index contributed by atoms with van der Waals surface area (Å²) in [5.41, 5.74) is 0.414. The number of fused-ring (bicyclic) bond motifs is 1. The molecule has 0 aliphatic carbocycles. The molecule has 2 aliphatic rings. The van der Waals surface area contributed by atoms with Crippen LogP contribution in [0.1, 0.15) is 56.5 Å². The van der Waals surface area contributed by atoms with Crippen molar-refractivity contribution in [1.29, 1.82) is 0 Å². The van der Waals surface area contributed by atoms with Crippen molar-refractivity contribution in [3.05, 3.63) is 29.3 Å². The van der Waals surface area contributed by atoms with Crippen molar-refractivity contribution < 1.29 is 28.7 Å². The van der Waals surface area contributed by atoms with E-state index in [9.17, 15) is 19.2 Å². The van der Waals surface area contributed by atoms with Crippen LogP contribution in [-0.4, -0.2) is 46.3 Å². The van der Waals surface area contributed by atoms with Gasteiger partial charge in [0, 0.05) is 17.5 Å². The van der Waals surface area contributed by atoms with Gasteiger partial charge in [-0.1, -0.05) is 6.07 Å². The zero-order valence-corrected chi connectivity index (χ0v) is 16.4. The summed E-state index contributed by atoms with van der Waals surface area (Å²) in [7, 11) is 0. The smallest absolute Gasteiger partial charge is 0.347 e. The van der Waals surface area contributed by atoms with E-state index in [1.54, 1.807) is 45.9 Å². The largest absolute Gasteiger partial charge is 0.479 e. The minimum atomic E-state index is -0.856. The lowest BCUT2D eigenvalue weighted by Gasteiger charge is -2.29. The predicted molar refractivity (Wildman–Crippen MR) is 98.4 cm³/mol. The van der Waals surface area contributed by atoms with Gasteiger partial charge in [0.15, 0.2) is 6.10 Å². The number of piperidine rings is 1. The van der Waals surface area contributed by atoms with Crippen molar-refractivity contribution in [1.82, 2.24) is 10.2 Å². The van der Waals surface area contributed by atoms with Gasteiger partial charge in [0.2, 0.25) is 11.8 Å². The summed E-state index contributed by atoms with van der Waals surface area (Å²) in [6.07, 6.45) is -0.379. The molecule has 0 spiro atoms. The number of rotatable bonds is 4. The predicted octanol–water partition coefficient (Wildman–Crippen LogP) is 1.56. The Hall–Kier alpha value is -2.90. The summed E-state index contributed by atoms with van der Waals surface area (Å²) in [6.45, 7) is 7.08. The van der Waals surface area contributed by atoms with Gasteiger partial charge in [-0.05, 0) is 46.2 Å². The lowest BCUT2D eigenvalue weighted by Crippen LogP contribution is -2.52. The second-order valence-corrected chi connectivity index (χ2v) is 7.98. The average molecular weight is 388 g/mol. The van der Waals surface area contributed by atoms with Crippen molar-refractivity contribution in [3.8, 4) is 5.75 Å². The molecule has 3 rings (SSSR count). The fourth-order valence-electron chi connectivity index (χ4n) is 3.29. The molecule has 8 heteroatoms. The first-order chi connectivity index (χ1) is 13.1. The van der Waals surface area contributed by atoms with Gasteiger partial charge in [0.25, 0.3) is 5.91 Å². The molecule has 28 heavy (non-hydrogen) atoms. The molecule has 1 fully saturated rings. The Morgan fingerprint density at radius 1 is 1.25 bits per heavy atom. The average Bonchev–Trinajstić information content (AvgIpc) is 2.91. The third kappa shape index (κ3) is 4.00. The minimum absolute atomic E-state index is 0.178. The molecule has 0 radical (unpaired) electrons. The number of nitrogens with zero attached hydrogens (tertiary/aromatic N) is 1. The highest BCUT2D eigenvalue weighted by Crippen LogP contribution is 2.34. The summed E-state index contributed by atoms with van der Waals surface area (Å²) in [5.74, 6) is -1.20. The fourth-order valence-corrected chi connectivity index (χ4v) is 3.29. The summed E-state index contributed by atoms with van der Waals surface area (Å²) in [4.78, 5) is 50.0. The van der Waals surface area contributed by atoms with E-state index in [-0.39, 0.29) is 31.2 Å². The maximum atomic E-state index is 12.8. The Balaban J connectivity index is 1.78. The van der Waals surface area contributed by atoms with E-state index in [1.165, 1.54) is 4.90 Å². The maximum Gasteiger partial charge on any atom is 0.347 e. The molecule has 0 aromatic heterocycles. The number of ether oxygens (including phenoxy) is 2. The van der Waals surface area contributed by atoms with E-state index in [1.807, 2.05) is 0 Å². The number of benzene rings is 1. The van der Waals surface area contributed by atoms with E-state index in [4.69, 9.17) is 9.47 Å². The quantitative estimate of drug-likeness (QED) is 0.620. The van der Waals surface area contributed by atoms with E-state index < -0.39 is 29.6 Å². The first-order valence-electron chi connectivity index (χ1n) is 9.23. The van der Waals surface area contributed by atoms with E-state index in [0.717, 1.165) is 0 Å². The van der Waals surface area contributed by atoms with Crippen molar-refractivity contribution in [3.63, 3.8) is 0 Å². The number of amides is 3. The van der Waals surface area contributed by atoms with Gasteiger partial charge in [-0.25, -0.2) is 4.79 Å². The topological polar surface area (TPSA) is 102 Å². The standard InChI is InChI=1S/C20H24N2O6/c1-11(19(26)28-20(2,3)4)27-15-7-5-6-12-13(15)10-22(18(12)25)14-8-9-16(23)21-17(14)24/h5-7,11,14H,8-10H2,1-4H3,(H,21,23,24)/t11-,14-/m1/s1. The number of hydrogen-bond donors (Lipinski definition) is 1. The highest BCUT2D eigenvalue weighted by Gasteiger charge is 2.40. The van der Waals surface area contributed by atoms with Crippen LogP contribution >= 0.6 is 0 Å². The molecule has 1 aromatic carbocycles. The normalized spacial score (nSPS) is 20.5. The van der Waals surface area contributed by atoms with Crippen molar-refractivity contribution in [2.75, 3.05) is 0 Å². The van der Waals surface area contributed by atoms with Crippen LogP contribution in [0.25, 0.3) is 0 Å². The Kier molecular flexibility index (Phi) is 5.14. The van der Waals surface area contributed by atoms with E-state index in [2.05, 4.69) is 5.32 Å². The number of hydrogen-bond acceptors (Lipinski definition) is 6. The Morgan fingerprint density at radius 3 is 2.61 bits per heavy atom. The summed E-state index contributed by atoms with van der Waals surface area (Å²) >= 11 is 0. The first kappa shape index (κ1) is 19.9. The van der Waals surface area contributed by atoms with E-state index in [0.29, 0.717) is 16.9 Å². The molecule has 3 amide bonds. The summed E-state index contributed by atoms with van der Waals surface area (Å²) in [5, 5.41) is 2.27. The van der Waals surface area contributed by atoms with Crippen LogP contribution in [0.5, 0.6) is 5.75 Å². The Labute approximate surface area is 163 Å². The first-order valence-corrected chi connectivity index (χ1v) is 9.23. The maximum absolute atomic E-state index is 12.8. The molecule has 2 heterocycles. The minimum Gasteiger partial charge on any atom is -0.479 e. The highest BCUT2D eigenvalue weighted by atomic mass is 16.6. The van der Waals surface area contributed by atoms with Crippen LogP contribution in [0.2, 0.25) is 0 Å². The molecule has 0 unspecified atom stereocenters. The lowest BCUT2D eigenvalue weighted by molar-refractivity contribution is -0.162. The van der Waals surface area contributed by atoms with Crippen LogP contribution in [0.4, 0.5) is 0 Å². The van der Waals surface area contributed by atoms with Gasteiger partial charge in [0.1, 0.15) is 17.4 Å². The van der Waals surface area contributed by atoms with Gasteiger partial charge in [-0.15, -0.1) is 0 Å². The lowest BCUT2D eigenvalue weighted by atomic mass is 10.0. The van der Waals surface area contributed by atoms with Crippen molar-refractivity contribution >= 4 is 23.7 Å². The summed E-state index contributed by atoms with van der Waals surface area (Å²) in [6, 6.07) is 4.31. The van der Waals surface area contributed by atoms with Crippen LogP contribution in [0.3, 0.4) is 0 Å². The number of esters is 1. The monoisotopic (exact) mass is 388 g/mol. The molecule has 8 nitrogen and oxygen atoms in total. The third-order valence-corrected chi connectivity index (χ3v) is 4.58. The van der Waals surface area contributed by atoms with Crippen LogP contribution in [0.15, 0.2) is 18.2 Å². The molecular weight excluding hydrogens is 364 g/mol. The molecule has 1 saturated heterocycles. The fraction of sp³-hybridized carbons (Fsp3) is 0.500. The zero-order chi connectivity index (χ0) is 20.6. The molecule has 0 saturated carbocycles. The van der Waals surface area contributed by atoms with E-state index >= 15 is 0 Å². The van der Waals surface area contributed by atoms with Gasteiger partial charge in [-0.2, -0.15) is 0 Å². The number of nitrogens with one attached hydrogen (secondary N) is 1. The molecule has 1 N–H and O–H groups in total. The second-order valence-electron chi connectivity index (χ2n) is 7.98. The Morgan fingerprint density at radius 2 is 1.96 bits per heavy atom. The van der Waals surface area contributed by atoms with Crippen LogP contribution in [0, 0.1) is 0 Å². The number of imide groups is 1. The van der Waals surface area contributed by atoms with Gasteiger partial charge in [0.05, 0.1) is 6.54 Å². The number of carbonyl (C=O) groups excluding carboxylic acids is 4. The molecule has 1 aromatic rings. The third-order valence-electron chi connectivity index (χ3n) is 4.58. The second kappa shape index (κ2) is 7.26. The van der Waals surface area contributed by atoms with Gasteiger partial charge >= 0.3 is 5.97 Å². The molecule has 0 bridgehead atoms. The molecule has 2 atom stereocenters. The SMILES string of the molecule is C[C@@H](Oc1cccc2c1CN([C@@H]1CCC(=O)NC1=O)C2=O)C(=O)OC(C)(C)C.